The summed E-state index contributed by atoms with van der Waals surface area (Å²) in [5.41, 5.74) is 5.36. The summed E-state index contributed by atoms with van der Waals surface area (Å²) in [5, 5.41) is 18.2. The SMILES string of the molecule is Cc1ncsc1-c1ccc(C(C)NC(=O)C2CC(O)CN2C(=O)C(n2cc(C(C)(C)C)cn2)C(C)(C)C)cc1. The van der Waals surface area contributed by atoms with Crippen LogP contribution in [0.2, 0.25) is 0 Å². The first-order valence-electron chi connectivity index (χ1n) is 13.5. The molecule has 1 fully saturated rings. The lowest BCUT2D eigenvalue weighted by molar-refractivity contribution is -0.144. The molecule has 0 saturated carbocycles. The van der Waals surface area contributed by atoms with Gasteiger partial charge in [-0.15, -0.1) is 11.3 Å². The molecular weight excluding hydrogens is 510 g/mol. The van der Waals surface area contributed by atoms with Gasteiger partial charge in [0.15, 0.2) is 0 Å². The topological polar surface area (TPSA) is 100 Å². The molecule has 4 rings (SSSR count). The maximum atomic E-state index is 14.0. The van der Waals surface area contributed by atoms with Crippen LogP contribution in [0.25, 0.3) is 10.4 Å². The number of aliphatic hydroxyl groups is 1. The lowest BCUT2D eigenvalue weighted by Crippen LogP contribution is -2.50. The highest BCUT2D eigenvalue weighted by atomic mass is 32.1. The third-order valence-corrected chi connectivity index (χ3v) is 8.41. The Balaban J connectivity index is 1.52. The van der Waals surface area contributed by atoms with Gasteiger partial charge >= 0.3 is 0 Å². The molecule has 1 aliphatic heterocycles. The van der Waals surface area contributed by atoms with Crippen LogP contribution in [0, 0.1) is 12.3 Å². The van der Waals surface area contributed by atoms with Crippen LogP contribution >= 0.6 is 11.3 Å². The van der Waals surface area contributed by atoms with Gasteiger partial charge in [-0.2, -0.15) is 5.10 Å². The first-order chi connectivity index (χ1) is 18.2. The van der Waals surface area contributed by atoms with Crippen LogP contribution in [0.15, 0.2) is 42.2 Å². The molecule has 0 bridgehead atoms. The molecule has 210 valence electrons. The number of thiazole rings is 1. The Morgan fingerprint density at radius 2 is 1.79 bits per heavy atom. The second-order valence-corrected chi connectivity index (χ2v) is 13.6. The predicted octanol–water partition coefficient (Wildman–Crippen LogP) is 5.04. The monoisotopic (exact) mass is 551 g/mol. The van der Waals surface area contributed by atoms with Crippen molar-refractivity contribution in [3.8, 4) is 10.4 Å². The summed E-state index contributed by atoms with van der Waals surface area (Å²) in [4.78, 5) is 34.5. The van der Waals surface area contributed by atoms with Gasteiger partial charge in [-0.1, -0.05) is 65.8 Å². The molecule has 2 N–H and O–H groups in total. The minimum absolute atomic E-state index is 0.107. The van der Waals surface area contributed by atoms with E-state index in [0.717, 1.165) is 27.3 Å². The van der Waals surface area contributed by atoms with E-state index < -0.39 is 23.6 Å². The van der Waals surface area contributed by atoms with Gasteiger partial charge in [-0.25, -0.2) is 4.98 Å². The summed E-state index contributed by atoms with van der Waals surface area (Å²) < 4.78 is 1.72. The highest BCUT2D eigenvalue weighted by Gasteiger charge is 2.45. The molecule has 39 heavy (non-hydrogen) atoms. The minimum atomic E-state index is -0.759. The molecule has 4 unspecified atom stereocenters. The number of likely N-dealkylation sites (tertiary alicyclic amines) is 1. The largest absolute Gasteiger partial charge is 0.391 e. The fraction of sp³-hybridized carbons (Fsp3) is 0.533. The number of aliphatic hydroxyl groups excluding tert-OH is 1. The Labute approximate surface area is 235 Å². The van der Waals surface area contributed by atoms with Gasteiger partial charge in [0.25, 0.3) is 0 Å². The van der Waals surface area contributed by atoms with Crippen LogP contribution in [0.4, 0.5) is 0 Å². The summed E-state index contributed by atoms with van der Waals surface area (Å²) >= 11 is 1.60. The molecular formula is C30H41N5O3S. The number of nitrogens with one attached hydrogen (secondary N) is 1. The van der Waals surface area contributed by atoms with E-state index in [9.17, 15) is 14.7 Å². The zero-order valence-corrected chi connectivity index (χ0v) is 25.0. The normalized spacial score (nSPS) is 19.7. The molecule has 0 aliphatic carbocycles. The predicted molar refractivity (Wildman–Crippen MR) is 154 cm³/mol. The molecule has 3 aromatic rings. The van der Waals surface area contributed by atoms with Crippen molar-refractivity contribution < 1.29 is 14.7 Å². The van der Waals surface area contributed by atoms with Gasteiger partial charge in [0.05, 0.1) is 34.4 Å². The Hall–Kier alpha value is -3.04. The second kappa shape index (κ2) is 10.8. The Kier molecular flexibility index (Phi) is 8.06. The maximum absolute atomic E-state index is 14.0. The first kappa shape index (κ1) is 29.0. The fourth-order valence-electron chi connectivity index (χ4n) is 5.10. The molecule has 8 nitrogen and oxygen atoms in total. The summed E-state index contributed by atoms with van der Waals surface area (Å²) in [7, 11) is 0. The van der Waals surface area contributed by atoms with Crippen LogP contribution in [-0.2, 0) is 15.0 Å². The Bertz CT molecular complexity index is 1320. The van der Waals surface area contributed by atoms with E-state index in [0.29, 0.717) is 0 Å². The van der Waals surface area contributed by atoms with Crippen LogP contribution in [0.5, 0.6) is 0 Å². The fourth-order valence-corrected chi connectivity index (χ4v) is 5.92. The standard InChI is InChI=1S/C30H41N5O3S/c1-18(20-9-11-21(12-10-20)25-19(2)31-17-39-25)33-27(37)24-13-23(36)16-34(24)28(38)26(30(6,7)8)35-15-22(14-32-35)29(3,4)5/h9-12,14-15,17-18,23-24,26,36H,13,16H2,1-8H3,(H,33,37). The van der Waals surface area contributed by atoms with E-state index in [4.69, 9.17) is 0 Å². The highest BCUT2D eigenvalue weighted by Crippen LogP contribution is 2.36. The number of aryl methyl sites for hydroxylation is 1. The van der Waals surface area contributed by atoms with Crippen molar-refractivity contribution in [2.24, 2.45) is 5.41 Å². The van der Waals surface area contributed by atoms with Gasteiger partial charge in [0.2, 0.25) is 11.8 Å². The van der Waals surface area contributed by atoms with Crippen molar-refractivity contribution in [1.29, 1.82) is 0 Å². The van der Waals surface area contributed by atoms with E-state index in [-0.39, 0.29) is 36.2 Å². The summed E-state index contributed by atoms with van der Waals surface area (Å²) in [6, 6.07) is 6.46. The van der Waals surface area contributed by atoms with Gasteiger partial charge in [0, 0.05) is 19.2 Å². The highest BCUT2D eigenvalue weighted by molar-refractivity contribution is 7.13. The van der Waals surface area contributed by atoms with Crippen LogP contribution < -0.4 is 5.32 Å². The zero-order valence-electron chi connectivity index (χ0n) is 24.2. The number of rotatable bonds is 6. The maximum Gasteiger partial charge on any atom is 0.248 e. The third kappa shape index (κ3) is 6.25. The quantitative estimate of drug-likeness (QED) is 0.447. The molecule has 0 spiro atoms. The average molecular weight is 552 g/mol. The number of aromatic nitrogens is 3. The first-order valence-corrected chi connectivity index (χ1v) is 14.4. The van der Waals surface area contributed by atoms with Crippen LogP contribution in [-0.4, -0.2) is 55.3 Å². The van der Waals surface area contributed by atoms with Crippen LogP contribution in [0.3, 0.4) is 0 Å². The van der Waals surface area contributed by atoms with Gasteiger partial charge in [0.1, 0.15) is 12.1 Å². The second-order valence-electron chi connectivity index (χ2n) is 12.7. The molecule has 3 heterocycles. The Morgan fingerprint density at radius 3 is 2.33 bits per heavy atom. The molecule has 0 radical (unpaired) electrons. The number of benzene rings is 1. The lowest BCUT2D eigenvalue weighted by Gasteiger charge is -2.35. The van der Waals surface area contributed by atoms with Crippen molar-refractivity contribution in [2.75, 3.05) is 6.54 Å². The van der Waals surface area contributed by atoms with E-state index in [1.807, 2.05) is 70.6 Å². The van der Waals surface area contributed by atoms with Crippen molar-refractivity contribution in [2.45, 2.75) is 91.5 Å². The number of amides is 2. The minimum Gasteiger partial charge on any atom is -0.391 e. The van der Waals surface area contributed by atoms with Gasteiger partial charge in [-0.05, 0) is 41.4 Å². The van der Waals surface area contributed by atoms with Crippen molar-refractivity contribution in [3.63, 3.8) is 0 Å². The number of nitrogens with zero attached hydrogens (tertiary/aromatic N) is 4. The lowest BCUT2D eigenvalue weighted by atomic mass is 9.85. The van der Waals surface area contributed by atoms with Crippen LogP contribution in [0.1, 0.15) is 83.8 Å². The molecule has 9 heteroatoms. The number of carbonyl (C=O) groups excluding carboxylic acids is 2. The average Bonchev–Trinajstić information content (AvgIpc) is 3.58. The number of hydrogen-bond acceptors (Lipinski definition) is 6. The smallest absolute Gasteiger partial charge is 0.248 e. The van der Waals surface area contributed by atoms with E-state index in [1.54, 1.807) is 22.2 Å². The van der Waals surface area contributed by atoms with E-state index in [1.165, 1.54) is 4.90 Å². The zero-order chi connectivity index (χ0) is 28.7. The third-order valence-electron chi connectivity index (χ3n) is 7.43. The molecule has 1 aliphatic rings. The molecule has 1 saturated heterocycles. The van der Waals surface area contributed by atoms with Gasteiger partial charge in [-0.3, -0.25) is 14.3 Å². The Morgan fingerprint density at radius 1 is 1.13 bits per heavy atom. The molecule has 2 amide bonds. The summed E-state index contributed by atoms with van der Waals surface area (Å²) in [6.45, 7) is 16.3. The van der Waals surface area contributed by atoms with Crippen molar-refractivity contribution in [3.05, 3.63) is 59.0 Å². The number of carbonyl (C=O) groups is 2. The summed E-state index contributed by atoms with van der Waals surface area (Å²) in [5.74, 6) is -0.474. The molecule has 1 aromatic carbocycles. The molecule has 4 atom stereocenters. The number of hydrogen-bond donors (Lipinski definition) is 2. The molecule has 2 aromatic heterocycles. The van der Waals surface area contributed by atoms with Crippen molar-refractivity contribution in [1.82, 2.24) is 25.0 Å². The van der Waals surface area contributed by atoms with Crippen molar-refractivity contribution >= 4 is 23.2 Å². The van der Waals surface area contributed by atoms with Gasteiger partial charge < -0.3 is 15.3 Å². The van der Waals surface area contributed by atoms with E-state index >= 15 is 0 Å². The number of β-amino-alcohol motifs (C(OH)–C–C–N with tert-alkyl or cyclic N) is 1. The summed E-state index contributed by atoms with van der Waals surface area (Å²) in [6.07, 6.45) is 3.18. The van der Waals surface area contributed by atoms with E-state index in [2.05, 4.69) is 36.2 Å².